The summed E-state index contributed by atoms with van der Waals surface area (Å²) in [6.45, 7) is 3.43. The smallest absolute Gasteiger partial charge is 0.0359 e. The van der Waals surface area contributed by atoms with Crippen LogP contribution in [0.4, 0.5) is 0 Å². The van der Waals surface area contributed by atoms with Gasteiger partial charge in [0.2, 0.25) is 0 Å². The first-order valence-electron chi connectivity index (χ1n) is 8.71. The normalized spacial score (nSPS) is 20.3. The van der Waals surface area contributed by atoms with Crippen molar-refractivity contribution in [2.45, 2.75) is 48.8 Å². The van der Waals surface area contributed by atoms with Crippen molar-refractivity contribution in [2.75, 3.05) is 13.6 Å². The molecule has 1 nitrogen and oxygen atoms in total. The highest BCUT2D eigenvalue weighted by Gasteiger charge is 2.24. The monoisotopic (exact) mass is 325 g/mol. The number of benzene rings is 2. The highest BCUT2D eigenvalue weighted by molar-refractivity contribution is 7.99. The first kappa shape index (κ1) is 16.6. The summed E-state index contributed by atoms with van der Waals surface area (Å²) in [5.74, 6) is 0. The fourth-order valence-electron chi connectivity index (χ4n) is 3.46. The van der Waals surface area contributed by atoms with E-state index in [1.807, 2.05) is 11.8 Å². The van der Waals surface area contributed by atoms with E-state index in [1.165, 1.54) is 48.3 Å². The molecule has 0 bridgehead atoms. The number of rotatable bonds is 5. The maximum absolute atomic E-state index is 2.57. The van der Waals surface area contributed by atoms with Crippen LogP contribution in [0.25, 0.3) is 0 Å². The molecule has 0 spiro atoms. The summed E-state index contributed by atoms with van der Waals surface area (Å²) >= 11 is 2.02. The largest absolute Gasteiger partial charge is 0.303 e. The van der Waals surface area contributed by atoms with E-state index in [0.29, 0.717) is 11.3 Å². The highest BCUT2D eigenvalue weighted by atomic mass is 32.2. The second-order valence-electron chi connectivity index (χ2n) is 6.70. The summed E-state index contributed by atoms with van der Waals surface area (Å²) in [5, 5.41) is 0.531. The van der Waals surface area contributed by atoms with Crippen LogP contribution < -0.4 is 0 Å². The van der Waals surface area contributed by atoms with E-state index < -0.39 is 0 Å². The summed E-state index contributed by atoms with van der Waals surface area (Å²) in [5.41, 5.74) is 2.80. The number of hydrogen-bond acceptors (Lipinski definition) is 2. The molecule has 2 atom stereocenters. The van der Waals surface area contributed by atoms with Gasteiger partial charge in [-0.1, -0.05) is 54.4 Å². The summed E-state index contributed by atoms with van der Waals surface area (Å²) in [6.07, 6.45) is 5.31. The van der Waals surface area contributed by atoms with Crippen LogP contribution in [-0.2, 0) is 0 Å². The van der Waals surface area contributed by atoms with E-state index in [1.54, 1.807) is 0 Å². The zero-order valence-electron chi connectivity index (χ0n) is 14.2. The Morgan fingerprint density at radius 2 is 1.91 bits per heavy atom. The molecule has 122 valence electrons. The molecule has 0 radical (unpaired) electrons. The van der Waals surface area contributed by atoms with E-state index in [2.05, 4.69) is 73.5 Å². The summed E-state index contributed by atoms with van der Waals surface area (Å²) in [4.78, 5) is 3.95. The molecule has 2 heteroatoms. The molecule has 2 unspecified atom stereocenters. The van der Waals surface area contributed by atoms with Crippen molar-refractivity contribution in [2.24, 2.45) is 0 Å². The quantitative estimate of drug-likeness (QED) is 0.648. The van der Waals surface area contributed by atoms with Gasteiger partial charge in [0.25, 0.3) is 0 Å². The third kappa shape index (κ3) is 4.62. The second kappa shape index (κ2) is 8.03. The lowest BCUT2D eigenvalue weighted by atomic mass is 9.96. The van der Waals surface area contributed by atoms with E-state index in [9.17, 15) is 0 Å². The maximum Gasteiger partial charge on any atom is 0.0359 e. The van der Waals surface area contributed by atoms with Gasteiger partial charge in [-0.2, -0.15) is 0 Å². The summed E-state index contributed by atoms with van der Waals surface area (Å²) in [6, 6.07) is 20.7. The first-order valence-corrected chi connectivity index (χ1v) is 9.59. The minimum absolute atomic E-state index is 0.531. The van der Waals surface area contributed by atoms with Crippen molar-refractivity contribution in [1.82, 2.24) is 4.90 Å². The third-order valence-corrected chi connectivity index (χ3v) is 6.12. The van der Waals surface area contributed by atoms with Crippen molar-refractivity contribution in [3.8, 4) is 0 Å². The molecular formula is C21H27NS. The standard InChI is InChI=1S/C21H27NS/c1-17-9-8-13-20(15-17)23-21(18-10-4-3-5-11-18)16-19-12-6-7-14-22(19)2/h3-5,8-11,13,15,19,21H,6-7,12,14,16H2,1-2H3. The van der Waals surface area contributed by atoms with Crippen LogP contribution in [0.15, 0.2) is 59.5 Å². The van der Waals surface area contributed by atoms with Gasteiger partial charge in [-0.05, 0) is 57.5 Å². The average molecular weight is 326 g/mol. The average Bonchev–Trinajstić information content (AvgIpc) is 2.57. The van der Waals surface area contributed by atoms with Crippen molar-refractivity contribution in [3.05, 3.63) is 65.7 Å². The predicted molar refractivity (Wildman–Crippen MR) is 101 cm³/mol. The molecular weight excluding hydrogens is 298 g/mol. The molecule has 0 saturated carbocycles. The summed E-state index contributed by atoms with van der Waals surface area (Å²) < 4.78 is 0. The van der Waals surface area contributed by atoms with Gasteiger partial charge in [-0.25, -0.2) is 0 Å². The fourth-order valence-corrected chi connectivity index (χ4v) is 4.81. The lowest BCUT2D eigenvalue weighted by molar-refractivity contribution is 0.175. The van der Waals surface area contributed by atoms with Crippen molar-refractivity contribution in [3.63, 3.8) is 0 Å². The topological polar surface area (TPSA) is 3.24 Å². The Labute approximate surface area is 145 Å². The second-order valence-corrected chi connectivity index (χ2v) is 7.98. The lowest BCUT2D eigenvalue weighted by Crippen LogP contribution is -2.36. The third-order valence-electron chi connectivity index (χ3n) is 4.85. The number of aryl methyl sites for hydroxylation is 1. The van der Waals surface area contributed by atoms with Crippen LogP contribution in [0, 0.1) is 6.92 Å². The van der Waals surface area contributed by atoms with Gasteiger partial charge in [-0.15, -0.1) is 11.8 Å². The molecule has 1 fully saturated rings. The Balaban J connectivity index is 1.79. The molecule has 1 aliphatic heterocycles. The van der Waals surface area contributed by atoms with Gasteiger partial charge < -0.3 is 4.90 Å². The Hall–Kier alpha value is -1.25. The zero-order valence-corrected chi connectivity index (χ0v) is 15.1. The molecule has 1 heterocycles. The Kier molecular flexibility index (Phi) is 5.80. The van der Waals surface area contributed by atoms with Gasteiger partial charge in [0.15, 0.2) is 0 Å². The number of piperidine rings is 1. The minimum atomic E-state index is 0.531. The Bertz CT molecular complexity index is 610. The van der Waals surface area contributed by atoms with Gasteiger partial charge in [-0.3, -0.25) is 0 Å². The maximum atomic E-state index is 2.57. The minimum Gasteiger partial charge on any atom is -0.303 e. The lowest BCUT2D eigenvalue weighted by Gasteiger charge is -2.35. The molecule has 0 amide bonds. The fraction of sp³-hybridized carbons (Fsp3) is 0.429. The SMILES string of the molecule is Cc1cccc(SC(CC2CCCCN2C)c2ccccc2)c1. The molecule has 2 aromatic carbocycles. The Morgan fingerprint density at radius 1 is 1.09 bits per heavy atom. The molecule has 23 heavy (non-hydrogen) atoms. The highest BCUT2D eigenvalue weighted by Crippen LogP contribution is 2.40. The molecule has 1 saturated heterocycles. The zero-order chi connectivity index (χ0) is 16.1. The van der Waals surface area contributed by atoms with Crippen LogP contribution in [-0.4, -0.2) is 24.5 Å². The van der Waals surface area contributed by atoms with Gasteiger partial charge >= 0.3 is 0 Å². The number of hydrogen-bond donors (Lipinski definition) is 0. The van der Waals surface area contributed by atoms with Crippen LogP contribution >= 0.6 is 11.8 Å². The van der Waals surface area contributed by atoms with Gasteiger partial charge in [0.1, 0.15) is 0 Å². The number of nitrogens with zero attached hydrogens (tertiary/aromatic N) is 1. The van der Waals surface area contributed by atoms with Gasteiger partial charge in [0.05, 0.1) is 0 Å². The van der Waals surface area contributed by atoms with Crippen LogP contribution in [0.1, 0.15) is 42.1 Å². The molecule has 1 aliphatic rings. The predicted octanol–water partition coefficient (Wildman–Crippen LogP) is 5.70. The van der Waals surface area contributed by atoms with E-state index >= 15 is 0 Å². The number of thioether (sulfide) groups is 1. The van der Waals surface area contributed by atoms with Crippen molar-refractivity contribution in [1.29, 1.82) is 0 Å². The van der Waals surface area contributed by atoms with Gasteiger partial charge in [0, 0.05) is 16.2 Å². The van der Waals surface area contributed by atoms with Crippen molar-refractivity contribution < 1.29 is 0 Å². The van der Waals surface area contributed by atoms with E-state index in [0.717, 1.165) is 0 Å². The molecule has 0 aliphatic carbocycles. The molecule has 0 aromatic heterocycles. The van der Waals surface area contributed by atoms with Crippen LogP contribution in [0.2, 0.25) is 0 Å². The van der Waals surface area contributed by atoms with E-state index in [4.69, 9.17) is 0 Å². The first-order chi connectivity index (χ1) is 11.2. The number of likely N-dealkylation sites (tertiary alicyclic amines) is 1. The van der Waals surface area contributed by atoms with Crippen molar-refractivity contribution >= 4 is 11.8 Å². The summed E-state index contributed by atoms with van der Waals surface area (Å²) in [7, 11) is 2.29. The van der Waals surface area contributed by atoms with Crippen LogP contribution in [0.5, 0.6) is 0 Å². The molecule has 0 N–H and O–H groups in total. The Morgan fingerprint density at radius 3 is 2.65 bits per heavy atom. The van der Waals surface area contributed by atoms with E-state index in [-0.39, 0.29) is 0 Å². The molecule has 2 aromatic rings. The van der Waals surface area contributed by atoms with Crippen LogP contribution in [0.3, 0.4) is 0 Å². The molecule has 3 rings (SSSR count).